The van der Waals surface area contributed by atoms with Crippen molar-refractivity contribution in [2.75, 3.05) is 26.4 Å². The predicted octanol–water partition coefficient (Wildman–Crippen LogP) is 7.24. The van der Waals surface area contributed by atoms with Gasteiger partial charge in [-0.2, -0.15) is 0 Å². The number of unbranched alkanes of at least 4 members (excludes halogenated alkanes) is 14. The molecule has 0 amide bonds. The molecule has 0 aromatic carbocycles. The molecule has 0 radical (unpaired) electrons. The molecule has 0 aromatic heterocycles. The highest BCUT2D eigenvalue weighted by Crippen LogP contribution is 2.22. The number of carbonyl (C=O) groups is 1. The van der Waals surface area contributed by atoms with Crippen molar-refractivity contribution in [1.82, 2.24) is 0 Å². The molecule has 280 valence electrons. The van der Waals surface area contributed by atoms with E-state index >= 15 is 0 Å². The van der Waals surface area contributed by atoms with E-state index in [1.54, 1.807) is 0 Å². The summed E-state index contributed by atoms with van der Waals surface area (Å²) >= 11 is 0. The Kier molecular flexibility index (Phi) is 29.1. The summed E-state index contributed by atoms with van der Waals surface area (Å²) in [6.45, 7) is 4.39. The first-order valence-corrected chi connectivity index (χ1v) is 19.1. The quantitative estimate of drug-likeness (QED) is 0.0339. The van der Waals surface area contributed by atoms with Gasteiger partial charge in [0.2, 0.25) is 0 Å². The fraction of sp³-hybridized carbons (Fsp3) is 0.821. The number of aliphatic hydroxyl groups is 4. The van der Waals surface area contributed by atoms with Crippen molar-refractivity contribution in [3.63, 3.8) is 0 Å². The van der Waals surface area contributed by atoms with Crippen LogP contribution in [0.15, 0.2) is 36.5 Å². The van der Waals surface area contributed by atoms with Crippen molar-refractivity contribution in [3.8, 4) is 0 Å². The number of hydrogen-bond acceptors (Lipinski definition) is 9. The molecule has 48 heavy (non-hydrogen) atoms. The molecular weight excluding hydrogens is 612 g/mol. The second-order valence-corrected chi connectivity index (χ2v) is 13.0. The molecule has 0 bridgehead atoms. The lowest BCUT2D eigenvalue weighted by Crippen LogP contribution is -2.59. The summed E-state index contributed by atoms with van der Waals surface area (Å²) in [4.78, 5) is 12.7. The van der Waals surface area contributed by atoms with E-state index in [0.717, 1.165) is 57.8 Å². The van der Waals surface area contributed by atoms with Gasteiger partial charge in [-0.05, 0) is 44.9 Å². The number of hydrogen-bond donors (Lipinski definition) is 4. The van der Waals surface area contributed by atoms with E-state index in [1.807, 2.05) is 0 Å². The molecule has 1 fully saturated rings. The Labute approximate surface area is 291 Å². The third-order valence-electron chi connectivity index (χ3n) is 8.57. The molecular formula is C39H70O9. The lowest BCUT2D eigenvalue weighted by molar-refractivity contribution is -0.305. The highest BCUT2D eigenvalue weighted by molar-refractivity contribution is 5.69. The maximum atomic E-state index is 12.7. The molecule has 6 atom stereocenters. The van der Waals surface area contributed by atoms with E-state index in [1.165, 1.54) is 64.2 Å². The van der Waals surface area contributed by atoms with Gasteiger partial charge in [-0.3, -0.25) is 4.79 Å². The third-order valence-corrected chi connectivity index (χ3v) is 8.57. The van der Waals surface area contributed by atoms with Crippen molar-refractivity contribution in [2.24, 2.45) is 0 Å². The Morgan fingerprint density at radius 3 is 1.90 bits per heavy atom. The average Bonchev–Trinajstić information content (AvgIpc) is 3.08. The summed E-state index contributed by atoms with van der Waals surface area (Å²) in [5.41, 5.74) is 0. The maximum absolute atomic E-state index is 12.7. The Bertz CT molecular complexity index is 828. The van der Waals surface area contributed by atoms with E-state index in [4.69, 9.17) is 18.9 Å². The summed E-state index contributed by atoms with van der Waals surface area (Å²) in [5.74, 6) is -0.343. The first-order valence-electron chi connectivity index (χ1n) is 19.1. The maximum Gasteiger partial charge on any atom is 0.306 e. The van der Waals surface area contributed by atoms with Crippen LogP contribution < -0.4 is 0 Å². The topological polar surface area (TPSA) is 135 Å². The van der Waals surface area contributed by atoms with Crippen LogP contribution in [0.25, 0.3) is 0 Å². The fourth-order valence-electron chi connectivity index (χ4n) is 5.56. The van der Waals surface area contributed by atoms with E-state index in [2.05, 4.69) is 50.3 Å². The van der Waals surface area contributed by atoms with Gasteiger partial charge in [-0.1, -0.05) is 127 Å². The van der Waals surface area contributed by atoms with Crippen LogP contribution in [0.3, 0.4) is 0 Å². The average molecular weight is 683 g/mol. The minimum Gasteiger partial charge on any atom is -0.457 e. The largest absolute Gasteiger partial charge is 0.457 e. The van der Waals surface area contributed by atoms with Crippen LogP contribution in [0.1, 0.15) is 142 Å². The second kappa shape index (κ2) is 31.4. The van der Waals surface area contributed by atoms with Gasteiger partial charge in [0.1, 0.15) is 30.5 Å². The normalized spacial score (nSPS) is 22.3. The molecule has 9 nitrogen and oxygen atoms in total. The van der Waals surface area contributed by atoms with Crippen LogP contribution in [0, 0.1) is 0 Å². The summed E-state index contributed by atoms with van der Waals surface area (Å²) in [7, 11) is 0. The molecule has 0 spiro atoms. The van der Waals surface area contributed by atoms with Gasteiger partial charge in [0.25, 0.3) is 0 Å². The minimum atomic E-state index is -1.54. The lowest BCUT2D eigenvalue weighted by Gasteiger charge is -2.39. The summed E-state index contributed by atoms with van der Waals surface area (Å²) < 4.78 is 22.7. The van der Waals surface area contributed by atoms with E-state index in [0.29, 0.717) is 6.61 Å². The minimum absolute atomic E-state index is 0.124. The highest BCUT2D eigenvalue weighted by Gasteiger charge is 2.44. The number of allylic oxidation sites excluding steroid dienone is 6. The number of rotatable bonds is 31. The van der Waals surface area contributed by atoms with Gasteiger partial charge in [0.05, 0.1) is 19.8 Å². The smallest absolute Gasteiger partial charge is 0.306 e. The summed E-state index contributed by atoms with van der Waals surface area (Å²) in [6.07, 6.45) is 27.4. The molecule has 4 N–H and O–H groups in total. The first kappa shape index (κ1) is 44.4. The lowest BCUT2D eigenvalue weighted by atomic mass is 9.99. The van der Waals surface area contributed by atoms with Gasteiger partial charge in [0, 0.05) is 13.0 Å². The Morgan fingerprint density at radius 2 is 1.27 bits per heavy atom. The van der Waals surface area contributed by atoms with Crippen molar-refractivity contribution in [2.45, 2.75) is 179 Å². The van der Waals surface area contributed by atoms with Crippen molar-refractivity contribution >= 4 is 5.97 Å². The predicted molar refractivity (Wildman–Crippen MR) is 192 cm³/mol. The summed E-state index contributed by atoms with van der Waals surface area (Å²) in [5, 5.41) is 39.9. The zero-order chi connectivity index (χ0) is 35.1. The second-order valence-electron chi connectivity index (χ2n) is 13.0. The zero-order valence-electron chi connectivity index (χ0n) is 30.2. The molecule has 1 rings (SSSR count). The van der Waals surface area contributed by atoms with Crippen LogP contribution in [-0.4, -0.2) is 89.6 Å². The van der Waals surface area contributed by atoms with Crippen LogP contribution in [0.2, 0.25) is 0 Å². The van der Waals surface area contributed by atoms with Crippen LogP contribution in [0.4, 0.5) is 0 Å². The highest BCUT2D eigenvalue weighted by atomic mass is 16.7. The Balaban J connectivity index is 2.36. The zero-order valence-corrected chi connectivity index (χ0v) is 30.2. The van der Waals surface area contributed by atoms with E-state index in [9.17, 15) is 25.2 Å². The Hall–Kier alpha value is -1.59. The van der Waals surface area contributed by atoms with Gasteiger partial charge in [-0.15, -0.1) is 0 Å². The van der Waals surface area contributed by atoms with Gasteiger partial charge in [0.15, 0.2) is 6.29 Å². The molecule has 6 unspecified atom stereocenters. The molecule has 9 heteroatoms. The molecule has 1 aliphatic rings. The van der Waals surface area contributed by atoms with E-state index < -0.39 is 43.4 Å². The SMILES string of the molecule is CC/C=C\C/C=C\C/C=C\CCCCCC(=O)OC(COCCCCCCCCCCCCCC)COC1OC(CO)C(O)C(O)C1O. The van der Waals surface area contributed by atoms with Crippen molar-refractivity contribution < 1.29 is 44.2 Å². The van der Waals surface area contributed by atoms with Crippen LogP contribution in [-0.2, 0) is 23.7 Å². The van der Waals surface area contributed by atoms with Crippen LogP contribution in [0.5, 0.6) is 0 Å². The molecule has 0 aliphatic carbocycles. The molecule has 1 heterocycles. The number of carbonyl (C=O) groups excluding carboxylic acids is 1. The molecule has 0 aromatic rings. The van der Waals surface area contributed by atoms with Gasteiger partial charge >= 0.3 is 5.97 Å². The number of ether oxygens (including phenoxy) is 4. The number of aliphatic hydroxyl groups excluding tert-OH is 4. The molecule has 1 aliphatic heterocycles. The molecule has 1 saturated heterocycles. The van der Waals surface area contributed by atoms with E-state index in [-0.39, 0.29) is 25.6 Å². The standard InChI is InChI=1S/C39H70O9/c1-3-5-7-9-11-13-15-17-18-20-22-24-26-28-35(41)47-33(32-46-39-38(44)37(43)36(42)34(30-40)48-39)31-45-29-27-25-23-21-19-16-14-12-10-8-6-4-2/h5,7,11,13,17-18,33-34,36-40,42-44H,3-4,6,8-10,12,14-16,19-32H2,1-2H3/b7-5-,13-11-,18-17-. The number of esters is 1. The van der Waals surface area contributed by atoms with Crippen LogP contribution >= 0.6 is 0 Å². The fourth-order valence-corrected chi connectivity index (χ4v) is 5.56. The third kappa shape index (κ3) is 22.9. The first-order chi connectivity index (χ1) is 23.4. The Morgan fingerprint density at radius 1 is 0.688 bits per heavy atom. The van der Waals surface area contributed by atoms with Gasteiger partial charge in [-0.25, -0.2) is 0 Å². The summed E-state index contributed by atoms with van der Waals surface area (Å²) in [6, 6.07) is 0. The monoisotopic (exact) mass is 683 g/mol. The van der Waals surface area contributed by atoms with Crippen molar-refractivity contribution in [3.05, 3.63) is 36.5 Å². The molecule has 0 saturated carbocycles. The van der Waals surface area contributed by atoms with Crippen molar-refractivity contribution in [1.29, 1.82) is 0 Å². The van der Waals surface area contributed by atoms with Gasteiger partial charge < -0.3 is 39.4 Å².